The summed E-state index contributed by atoms with van der Waals surface area (Å²) in [6, 6.07) is 2.88. The monoisotopic (exact) mass is 363 g/mol. The van der Waals surface area contributed by atoms with Crippen LogP contribution in [0.5, 0.6) is 0 Å². The van der Waals surface area contributed by atoms with Crippen molar-refractivity contribution in [2.45, 2.75) is 9.17 Å². The van der Waals surface area contributed by atoms with Gasteiger partial charge >= 0.3 is 0 Å². The van der Waals surface area contributed by atoms with E-state index in [0.717, 1.165) is 0 Å². The molecule has 0 fully saturated rings. The van der Waals surface area contributed by atoms with E-state index in [1.165, 1.54) is 12.1 Å². The highest BCUT2D eigenvalue weighted by molar-refractivity contribution is 6.79. The molecule has 1 unspecified atom stereocenters. The van der Waals surface area contributed by atoms with E-state index in [4.69, 9.17) is 69.6 Å². The van der Waals surface area contributed by atoms with Gasteiger partial charge < -0.3 is 0 Å². The van der Waals surface area contributed by atoms with E-state index in [9.17, 15) is 4.79 Å². The van der Waals surface area contributed by atoms with Crippen molar-refractivity contribution in [2.75, 3.05) is 0 Å². The lowest BCUT2D eigenvalue weighted by molar-refractivity contribution is 0.100. The van der Waals surface area contributed by atoms with Crippen LogP contribution in [0.1, 0.15) is 10.4 Å². The van der Waals surface area contributed by atoms with Crippen LogP contribution < -0.4 is 0 Å². The predicted molar refractivity (Wildman–Crippen MR) is 77.8 cm³/mol. The lowest BCUT2D eigenvalue weighted by Gasteiger charge is -2.24. The molecule has 0 spiro atoms. The molecule has 0 radical (unpaired) electrons. The van der Waals surface area contributed by atoms with Gasteiger partial charge in [0.25, 0.3) is 0 Å². The van der Waals surface area contributed by atoms with Crippen LogP contribution in [0.2, 0.25) is 10.0 Å². The summed E-state index contributed by atoms with van der Waals surface area (Å²) in [6.45, 7) is 0. The Hall–Kier alpha value is 0.300. The minimum atomic E-state index is -1.87. The second-order valence-electron chi connectivity index (χ2n) is 3.51. The molecule has 0 bridgehead atoms. The Labute approximate surface area is 133 Å². The van der Waals surface area contributed by atoms with Gasteiger partial charge in [0.2, 0.25) is 3.79 Å². The van der Waals surface area contributed by atoms with Gasteiger partial charge in [-0.15, -0.1) is 11.6 Å². The molecule has 1 atom stereocenters. The number of aliphatic imine (C=N–C) groups is 1. The number of Topliss-reactive ketones (excluding diaryl/α,β-unsaturated/α-hetero) is 1. The fourth-order valence-electron chi connectivity index (χ4n) is 1.51. The molecule has 0 aliphatic carbocycles. The molecule has 0 amide bonds. The summed E-state index contributed by atoms with van der Waals surface area (Å²) < 4.78 is -1.87. The number of rotatable bonds is 0. The zero-order chi connectivity index (χ0) is 13.7. The SMILES string of the molecule is O=C1c2cc(Cl)cc(Cl)c2N=C(C(Cl)(Cl)Cl)C1Cl. The molecule has 2 rings (SSSR count). The first kappa shape index (κ1) is 14.7. The van der Waals surface area contributed by atoms with E-state index in [-0.39, 0.29) is 22.0 Å². The number of hydrogen-bond donors (Lipinski definition) is 0. The fraction of sp³-hybridized carbons (Fsp3) is 0.200. The molecule has 1 aromatic rings. The summed E-state index contributed by atoms with van der Waals surface area (Å²) in [4.78, 5) is 16.1. The summed E-state index contributed by atoms with van der Waals surface area (Å²) in [7, 11) is 0. The van der Waals surface area contributed by atoms with Gasteiger partial charge in [-0.3, -0.25) is 4.79 Å². The first-order valence-electron chi connectivity index (χ1n) is 4.55. The van der Waals surface area contributed by atoms with Gasteiger partial charge in [-0.05, 0) is 12.1 Å². The van der Waals surface area contributed by atoms with Gasteiger partial charge in [-0.25, -0.2) is 4.99 Å². The molecule has 1 aliphatic rings. The number of hydrogen-bond acceptors (Lipinski definition) is 2. The third-order valence-electron chi connectivity index (χ3n) is 2.29. The van der Waals surface area contributed by atoms with Crippen molar-refractivity contribution in [3.8, 4) is 0 Å². The standard InChI is InChI=1S/C10H3Cl6NO/c11-3-1-4-7(5(12)2-3)17-9(10(14,15)16)6(13)8(4)18/h1-2,6H. The highest BCUT2D eigenvalue weighted by Gasteiger charge is 2.41. The zero-order valence-corrected chi connectivity index (χ0v) is 12.9. The van der Waals surface area contributed by atoms with Crippen molar-refractivity contribution in [3.63, 3.8) is 0 Å². The van der Waals surface area contributed by atoms with E-state index in [1.807, 2.05) is 0 Å². The number of fused-ring (bicyclic) bond motifs is 1. The van der Waals surface area contributed by atoms with Crippen LogP contribution in [0.3, 0.4) is 0 Å². The molecule has 0 saturated carbocycles. The molecule has 0 aromatic heterocycles. The third-order valence-corrected chi connectivity index (χ3v) is 3.78. The molecule has 8 heteroatoms. The summed E-state index contributed by atoms with van der Waals surface area (Å²) in [6.07, 6.45) is 0. The highest BCUT2D eigenvalue weighted by Crippen LogP contribution is 2.42. The van der Waals surface area contributed by atoms with Gasteiger partial charge in [0.05, 0.1) is 16.4 Å². The predicted octanol–water partition coefficient (Wildman–Crippen LogP) is 5.24. The Morgan fingerprint density at radius 3 is 2.33 bits per heavy atom. The summed E-state index contributed by atoms with van der Waals surface area (Å²) in [5.74, 6) is -0.451. The van der Waals surface area contributed by atoms with Crippen LogP contribution in [-0.4, -0.2) is 20.7 Å². The van der Waals surface area contributed by atoms with Crippen molar-refractivity contribution in [1.82, 2.24) is 0 Å². The van der Waals surface area contributed by atoms with E-state index >= 15 is 0 Å². The Morgan fingerprint density at radius 2 is 1.78 bits per heavy atom. The topological polar surface area (TPSA) is 29.4 Å². The first-order chi connectivity index (χ1) is 8.21. The molecule has 1 heterocycles. The van der Waals surface area contributed by atoms with Crippen LogP contribution in [0, 0.1) is 0 Å². The van der Waals surface area contributed by atoms with Crippen LogP contribution in [0.15, 0.2) is 17.1 Å². The molecule has 96 valence electrons. The Kier molecular flexibility index (Phi) is 4.09. The number of carbonyl (C=O) groups is 1. The van der Waals surface area contributed by atoms with E-state index in [2.05, 4.69) is 4.99 Å². The molecule has 2 nitrogen and oxygen atoms in total. The summed E-state index contributed by atoms with van der Waals surface area (Å²) in [5.41, 5.74) is 0.352. The number of nitrogens with zero attached hydrogens (tertiary/aromatic N) is 1. The minimum absolute atomic E-state index is 0.0733. The van der Waals surface area contributed by atoms with E-state index in [1.54, 1.807) is 0 Å². The number of ketones is 1. The summed E-state index contributed by atoms with van der Waals surface area (Å²) in [5, 5.41) is -0.649. The van der Waals surface area contributed by atoms with Crippen molar-refractivity contribution >= 4 is 86.8 Å². The molecule has 18 heavy (non-hydrogen) atoms. The molecule has 0 saturated heterocycles. The number of carbonyl (C=O) groups excluding carboxylic acids is 1. The average Bonchev–Trinajstić information content (AvgIpc) is 2.22. The van der Waals surface area contributed by atoms with Gasteiger partial charge in [0.15, 0.2) is 5.78 Å². The smallest absolute Gasteiger partial charge is 0.230 e. The second kappa shape index (κ2) is 5.01. The van der Waals surface area contributed by atoms with Gasteiger partial charge in [-0.1, -0.05) is 58.0 Å². The Bertz CT molecular complexity index is 562. The highest BCUT2D eigenvalue weighted by atomic mass is 35.6. The largest absolute Gasteiger partial charge is 0.292 e. The lowest BCUT2D eigenvalue weighted by Crippen LogP contribution is -2.36. The maximum Gasteiger partial charge on any atom is 0.230 e. The lowest BCUT2D eigenvalue weighted by atomic mass is 10.00. The van der Waals surface area contributed by atoms with Gasteiger partial charge in [0, 0.05) is 10.6 Å². The van der Waals surface area contributed by atoms with E-state index in [0.29, 0.717) is 5.02 Å². The maximum absolute atomic E-state index is 12.1. The Morgan fingerprint density at radius 1 is 1.17 bits per heavy atom. The van der Waals surface area contributed by atoms with Crippen LogP contribution in [-0.2, 0) is 0 Å². The molecular formula is C10H3Cl6NO. The van der Waals surface area contributed by atoms with Gasteiger partial charge in [-0.2, -0.15) is 0 Å². The van der Waals surface area contributed by atoms with Crippen LogP contribution >= 0.6 is 69.6 Å². The number of benzene rings is 1. The van der Waals surface area contributed by atoms with Crippen molar-refractivity contribution in [3.05, 3.63) is 27.7 Å². The normalized spacial score (nSPS) is 19.6. The molecule has 1 aromatic carbocycles. The summed E-state index contributed by atoms with van der Waals surface area (Å²) >= 11 is 34.9. The van der Waals surface area contributed by atoms with Crippen LogP contribution in [0.4, 0.5) is 5.69 Å². The minimum Gasteiger partial charge on any atom is -0.292 e. The first-order valence-corrected chi connectivity index (χ1v) is 6.87. The average molecular weight is 366 g/mol. The zero-order valence-electron chi connectivity index (χ0n) is 8.36. The third kappa shape index (κ3) is 2.60. The fourth-order valence-corrected chi connectivity index (χ4v) is 3.00. The quantitative estimate of drug-likeness (QED) is 0.578. The van der Waals surface area contributed by atoms with E-state index < -0.39 is 15.0 Å². The van der Waals surface area contributed by atoms with Crippen molar-refractivity contribution in [2.24, 2.45) is 4.99 Å². The van der Waals surface area contributed by atoms with Gasteiger partial charge in [0.1, 0.15) is 5.38 Å². The second-order valence-corrected chi connectivity index (χ2v) is 7.07. The Balaban J connectivity index is 2.71. The molecule has 0 N–H and O–H groups in total. The molecular weight excluding hydrogens is 363 g/mol. The van der Waals surface area contributed by atoms with Crippen molar-refractivity contribution in [1.29, 1.82) is 0 Å². The number of alkyl halides is 4. The number of halogens is 6. The van der Waals surface area contributed by atoms with Crippen molar-refractivity contribution < 1.29 is 4.79 Å². The maximum atomic E-state index is 12.1. The van der Waals surface area contributed by atoms with Crippen LogP contribution in [0.25, 0.3) is 0 Å². The molecule has 1 aliphatic heterocycles.